The molecule has 0 fully saturated rings. The molecule has 5 nitrogen and oxygen atoms in total. The van der Waals surface area contributed by atoms with E-state index in [1.807, 2.05) is 19.1 Å². The van der Waals surface area contributed by atoms with Crippen molar-refractivity contribution in [1.82, 2.24) is 4.98 Å². The standard InChI is InChI=1S/C10H10N2O3S/c1-7-2-4-8(5-3-7)10-12-6-9(15-10)16(11,13)14/h2-6H,1H3,(H2,11,13,14). The van der Waals surface area contributed by atoms with Gasteiger partial charge in [0.1, 0.15) is 0 Å². The average Bonchev–Trinajstić information content (AvgIpc) is 2.67. The van der Waals surface area contributed by atoms with E-state index in [2.05, 4.69) is 4.98 Å². The van der Waals surface area contributed by atoms with Gasteiger partial charge in [0, 0.05) is 5.56 Å². The molecule has 0 aliphatic heterocycles. The highest BCUT2D eigenvalue weighted by Gasteiger charge is 2.15. The van der Waals surface area contributed by atoms with Gasteiger partial charge in [-0.3, -0.25) is 0 Å². The fraction of sp³-hybridized carbons (Fsp3) is 0.100. The molecule has 2 N–H and O–H groups in total. The zero-order valence-corrected chi connectivity index (χ0v) is 9.36. The highest BCUT2D eigenvalue weighted by molar-refractivity contribution is 7.89. The molecule has 0 saturated carbocycles. The van der Waals surface area contributed by atoms with E-state index in [-0.39, 0.29) is 11.0 Å². The van der Waals surface area contributed by atoms with Crippen molar-refractivity contribution in [3.63, 3.8) is 0 Å². The van der Waals surface area contributed by atoms with Gasteiger partial charge in [-0.1, -0.05) is 17.7 Å². The van der Waals surface area contributed by atoms with Gasteiger partial charge in [-0.15, -0.1) is 0 Å². The second-order valence-electron chi connectivity index (χ2n) is 3.40. The number of hydrogen-bond donors (Lipinski definition) is 1. The van der Waals surface area contributed by atoms with Crippen LogP contribution in [0.3, 0.4) is 0 Å². The number of nitrogens with two attached hydrogens (primary N) is 1. The molecule has 16 heavy (non-hydrogen) atoms. The predicted molar refractivity (Wildman–Crippen MR) is 58.0 cm³/mol. The molecule has 2 rings (SSSR count). The van der Waals surface area contributed by atoms with E-state index in [0.717, 1.165) is 11.8 Å². The van der Waals surface area contributed by atoms with Crippen molar-refractivity contribution in [1.29, 1.82) is 0 Å². The Balaban J connectivity index is 2.43. The highest BCUT2D eigenvalue weighted by atomic mass is 32.2. The second-order valence-corrected chi connectivity index (χ2v) is 4.89. The third kappa shape index (κ3) is 2.12. The molecule has 84 valence electrons. The van der Waals surface area contributed by atoms with Crippen LogP contribution >= 0.6 is 0 Å². The van der Waals surface area contributed by atoms with Crippen molar-refractivity contribution in [2.75, 3.05) is 0 Å². The van der Waals surface area contributed by atoms with Gasteiger partial charge in [0.05, 0.1) is 6.20 Å². The molecule has 1 aromatic heterocycles. The minimum atomic E-state index is -3.83. The van der Waals surface area contributed by atoms with E-state index in [0.29, 0.717) is 5.56 Å². The normalized spacial score (nSPS) is 11.6. The van der Waals surface area contributed by atoms with Crippen LogP contribution in [-0.4, -0.2) is 13.4 Å². The van der Waals surface area contributed by atoms with Gasteiger partial charge >= 0.3 is 0 Å². The maximum Gasteiger partial charge on any atom is 0.273 e. The first-order valence-corrected chi connectivity index (χ1v) is 6.07. The Morgan fingerprint density at radius 2 is 1.88 bits per heavy atom. The third-order valence-corrected chi connectivity index (χ3v) is 2.81. The molecule has 0 spiro atoms. The third-order valence-electron chi connectivity index (χ3n) is 2.06. The average molecular weight is 238 g/mol. The summed E-state index contributed by atoms with van der Waals surface area (Å²) in [5.41, 5.74) is 1.81. The van der Waals surface area contributed by atoms with Gasteiger partial charge in [0.2, 0.25) is 5.89 Å². The SMILES string of the molecule is Cc1ccc(-c2ncc(S(N)(=O)=O)o2)cc1. The number of sulfonamides is 1. The zero-order chi connectivity index (χ0) is 11.8. The molecule has 0 aliphatic rings. The van der Waals surface area contributed by atoms with Crippen molar-refractivity contribution < 1.29 is 12.8 Å². The lowest BCUT2D eigenvalue weighted by Gasteiger charge is -1.95. The number of primary sulfonamides is 1. The molecule has 0 bridgehead atoms. The number of aromatic nitrogens is 1. The fourth-order valence-corrected chi connectivity index (χ4v) is 1.62. The second kappa shape index (κ2) is 3.73. The topological polar surface area (TPSA) is 86.2 Å². The van der Waals surface area contributed by atoms with Crippen LogP contribution in [0.5, 0.6) is 0 Å². The molecule has 0 unspecified atom stereocenters. The van der Waals surface area contributed by atoms with E-state index in [1.165, 1.54) is 0 Å². The number of oxazole rings is 1. The van der Waals surface area contributed by atoms with Gasteiger partial charge in [-0.05, 0) is 19.1 Å². The van der Waals surface area contributed by atoms with Crippen molar-refractivity contribution in [3.05, 3.63) is 36.0 Å². The van der Waals surface area contributed by atoms with Crippen LogP contribution in [-0.2, 0) is 10.0 Å². The molecular weight excluding hydrogens is 228 g/mol. The Bertz CT molecular complexity index is 599. The molecule has 0 saturated heterocycles. The van der Waals surface area contributed by atoms with E-state index >= 15 is 0 Å². The molecule has 1 aromatic carbocycles. The molecule has 0 radical (unpaired) electrons. The van der Waals surface area contributed by atoms with Crippen LogP contribution in [0.25, 0.3) is 11.5 Å². The van der Waals surface area contributed by atoms with E-state index < -0.39 is 10.0 Å². The van der Waals surface area contributed by atoms with Crippen molar-refractivity contribution in [2.24, 2.45) is 5.14 Å². The van der Waals surface area contributed by atoms with E-state index in [4.69, 9.17) is 9.56 Å². The van der Waals surface area contributed by atoms with Gasteiger partial charge < -0.3 is 4.42 Å². The maximum absolute atomic E-state index is 11.0. The summed E-state index contributed by atoms with van der Waals surface area (Å²) in [6.07, 6.45) is 1.10. The summed E-state index contributed by atoms with van der Waals surface area (Å²) in [6.45, 7) is 1.95. The number of hydrogen-bond acceptors (Lipinski definition) is 4. The Morgan fingerprint density at radius 3 is 2.38 bits per heavy atom. The molecular formula is C10H10N2O3S. The molecule has 2 aromatic rings. The molecule has 0 amide bonds. The van der Waals surface area contributed by atoms with E-state index in [1.54, 1.807) is 12.1 Å². The summed E-state index contributed by atoms with van der Waals surface area (Å²) >= 11 is 0. The largest absolute Gasteiger partial charge is 0.423 e. The van der Waals surface area contributed by atoms with Crippen molar-refractivity contribution >= 4 is 10.0 Å². The van der Waals surface area contributed by atoms with Gasteiger partial charge in [-0.25, -0.2) is 18.5 Å². The maximum atomic E-state index is 11.0. The molecule has 1 heterocycles. The highest BCUT2D eigenvalue weighted by Crippen LogP contribution is 2.20. The minimum absolute atomic E-state index is 0.240. The Labute approximate surface area is 93.0 Å². The first-order valence-electron chi connectivity index (χ1n) is 4.52. The summed E-state index contributed by atoms with van der Waals surface area (Å²) in [4.78, 5) is 3.86. The predicted octanol–water partition coefficient (Wildman–Crippen LogP) is 1.30. The number of benzene rings is 1. The van der Waals surface area contributed by atoms with Crippen LogP contribution in [0.4, 0.5) is 0 Å². The lowest BCUT2D eigenvalue weighted by Crippen LogP contribution is -2.10. The summed E-state index contributed by atoms with van der Waals surface area (Å²) in [5, 5.41) is 4.58. The van der Waals surface area contributed by atoms with Crippen LogP contribution < -0.4 is 5.14 Å². The molecule has 0 aliphatic carbocycles. The Morgan fingerprint density at radius 1 is 1.25 bits per heavy atom. The number of rotatable bonds is 2. The lowest BCUT2D eigenvalue weighted by molar-refractivity contribution is 0.459. The van der Waals surface area contributed by atoms with Crippen LogP contribution in [0, 0.1) is 6.92 Å². The summed E-state index contributed by atoms with van der Waals surface area (Å²) < 4.78 is 27.0. The van der Waals surface area contributed by atoms with Crippen molar-refractivity contribution in [2.45, 2.75) is 12.0 Å². The molecule has 0 atom stereocenters. The summed E-state index contributed by atoms with van der Waals surface area (Å²) in [5.74, 6) is 0.240. The van der Waals surface area contributed by atoms with Crippen LogP contribution in [0.15, 0.2) is 40.0 Å². The quantitative estimate of drug-likeness (QED) is 0.854. The first kappa shape index (κ1) is 10.8. The monoisotopic (exact) mass is 238 g/mol. The number of nitrogens with zero attached hydrogens (tertiary/aromatic N) is 1. The summed E-state index contributed by atoms with van der Waals surface area (Å²) in [6, 6.07) is 7.37. The smallest absolute Gasteiger partial charge is 0.273 e. The van der Waals surface area contributed by atoms with E-state index in [9.17, 15) is 8.42 Å². The Kier molecular flexibility index (Phi) is 2.53. The lowest BCUT2D eigenvalue weighted by atomic mass is 10.1. The first-order chi connectivity index (χ1) is 7.47. The van der Waals surface area contributed by atoms with Crippen LogP contribution in [0.2, 0.25) is 0 Å². The fourth-order valence-electron chi connectivity index (χ4n) is 1.22. The minimum Gasteiger partial charge on any atom is -0.423 e. The number of aryl methyl sites for hydroxylation is 1. The van der Waals surface area contributed by atoms with Crippen LogP contribution in [0.1, 0.15) is 5.56 Å². The van der Waals surface area contributed by atoms with Gasteiger partial charge in [-0.2, -0.15) is 0 Å². The zero-order valence-electron chi connectivity index (χ0n) is 8.54. The molecule has 6 heteroatoms. The Hall–Kier alpha value is -1.66. The van der Waals surface area contributed by atoms with Gasteiger partial charge in [0.25, 0.3) is 15.1 Å². The summed E-state index contributed by atoms with van der Waals surface area (Å²) in [7, 11) is -3.83. The van der Waals surface area contributed by atoms with Crippen molar-refractivity contribution in [3.8, 4) is 11.5 Å². The van der Waals surface area contributed by atoms with Gasteiger partial charge in [0.15, 0.2) is 0 Å².